The van der Waals surface area contributed by atoms with Gasteiger partial charge < -0.3 is 20.1 Å². The number of aromatic nitrogens is 2. The lowest BCUT2D eigenvalue weighted by Crippen LogP contribution is -2.06. The number of ketones is 1. The summed E-state index contributed by atoms with van der Waals surface area (Å²) in [4.78, 5) is 21.6. The molecule has 0 bridgehead atoms. The predicted molar refractivity (Wildman–Crippen MR) is 156 cm³/mol. The molecule has 196 valence electrons. The first-order valence-corrected chi connectivity index (χ1v) is 12.7. The summed E-state index contributed by atoms with van der Waals surface area (Å²) in [6.45, 7) is 8.21. The molecule has 2 heterocycles. The van der Waals surface area contributed by atoms with Gasteiger partial charge in [-0.05, 0) is 43.2 Å². The molecule has 0 spiro atoms. The number of fused-ring (bicyclic) bond motifs is 1. The van der Waals surface area contributed by atoms with Gasteiger partial charge >= 0.3 is 0 Å². The largest absolute Gasteiger partial charge is 0.495 e. The van der Waals surface area contributed by atoms with E-state index >= 15 is 0 Å². The molecule has 2 aromatic carbocycles. The van der Waals surface area contributed by atoms with Crippen LogP contribution in [0.4, 0.5) is 17.3 Å². The molecule has 0 aliphatic rings. The van der Waals surface area contributed by atoms with Crippen molar-refractivity contribution in [1.29, 1.82) is 0 Å². The number of nitrogens with one attached hydrogen (secondary N) is 2. The van der Waals surface area contributed by atoms with E-state index in [1.807, 2.05) is 44.2 Å². The standard InChI is InChI=1S/C29H28Cl2N4O3/c1-6-19(36)11-17-10-8-9-16(3)28(17)35-24-13-20-18(15-33-24)12-21(34-29(20)32-7-2)25-26(30)22(37-4)14-23(38-5)27(25)31/h6,8-10,12-15H,1,7,11H2,2-5H3,(H,32,34)(H,33,35). The summed E-state index contributed by atoms with van der Waals surface area (Å²) in [7, 11) is 3.06. The van der Waals surface area contributed by atoms with Crippen molar-refractivity contribution < 1.29 is 14.3 Å². The number of para-hydroxylation sites is 1. The number of rotatable bonds is 10. The highest BCUT2D eigenvalue weighted by molar-refractivity contribution is 6.41. The minimum absolute atomic E-state index is 0.0530. The van der Waals surface area contributed by atoms with E-state index in [0.717, 1.165) is 27.6 Å². The Morgan fingerprint density at radius 2 is 1.82 bits per heavy atom. The van der Waals surface area contributed by atoms with Crippen LogP contribution in [0.5, 0.6) is 11.5 Å². The molecule has 9 heteroatoms. The number of nitrogens with zero attached hydrogens (tertiary/aromatic N) is 2. The molecule has 2 N–H and O–H groups in total. The van der Waals surface area contributed by atoms with Gasteiger partial charge in [0.2, 0.25) is 0 Å². The number of methoxy groups -OCH3 is 2. The molecular formula is C29H28Cl2N4O3. The number of allylic oxidation sites excluding steroid dienone is 1. The highest BCUT2D eigenvalue weighted by Gasteiger charge is 2.21. The lowest BCUT2D eigenvalue weighted by atomic mass is 10.0. The summed E-state index contributed by atoms with van der Waals surface area (Å²) in [6.07, 6.45) is 3.35. The summed E-state index contributed by atoms with van der Waals surface area (Å²) >= 11 is 13.3. The second-order valence-electron chi connectivity index (χ2n) is 8.54. The van der Waals surface area contributed by atoms with Crippen LogP contribution < -0.4 is 20.1 Å². The monoisotopic (exact) mass is 550 g/mol. The average Bonchev–Trinajstić information content (AvgIpc) is 2.91. The summed E-state index contributed by atoms with van der Waals surface area (Å²) in [5.74, 6) is 2.06. The summed E-state index contributed by atoms with van der Waals surface area (Å²) in [5.41, 5.74) is 3.76. The van der Waals surface area contributed by atoms with Gasteiger partial charge in [0, 0.05) is 47.3 Å². The number of hydrogen-bond donors (Lipinski definition) is 2. The molecule has 0 saturated heterocycles. The lowest BCUT2D eigenvalue weighted by Gasteiger charge is -2.17. The van der Waals surface area contributed by atoms with Gasteiger partial charge in [0.05, 0.1) is 30.0 Å². The van der Waals surface area contributed by atoms with Gasteiger partial charge in [-0.15, -0.1) is 0 Å². The van der Waals surface area contributed by atoms with E-state index in [1.165, 1.54) is 20.3 Å². The Balaban J connectivity index is 1.83. The fraction of sp³-hybridized carbons (Fsp3) is 0.207. The minimum Gasteiger partial charge on any atom is -0.495 e. The van der Waals surface area contributed by atoms with Crippen LogP contribution >= 0.6 is 23.2 Å². The molecule has 0 atom stereocenters. The molecule has 0 fully saturated rings. The van der Waals surface area contributed by atoms with Crippen molar-refractivity contribution >= 4 is 57.1 Å². The Kier molecular flexibility index (Phi) is 8.39. The smallest absolute Gasteiger partial charge is 0.159 e. The van der Waals surface area contributed by atoms with E-state index in [1.54, 1.807) is 12.3 Å². The van der Waals surface area contributed by atoms with Crippen LogP contribution in [0.25, 0.3) is 22.0 Å². The van der Waals surface area contributed by atoms with Crippen LogP contribution in [-0.2, 0) is 11.2 Å². The van der Waals surface area contributed by atoms with E-state index in [2.05, 4.69) is 22.2 Å². The summed E-state index contributed by atoms with van der Waals surface area (Å²) < 4.78 is 10.9. The third kappa shape index (κ3) is 5.39. The molecule has 0 aliphatic heterocycles. The fourth-order valence-corrected chi connectivity index (χ4v) is 4.89. The van der Waals surface area contributed by atoms with E-state index in [9.17, 15) is 4.79 Å². The highest BCUT2D eigenvalue weighted by atomic mass is 35.5. The minimum atomic E-state index is -0.0530. The van der Waals surface area contributed by atoms with Crippen LogP contribution in [0, 0.1) is 6.92 Å². The van der Waals surface area contributed by atoms with Crippen molar-refractivity contribution in [2.75, 3.05) is 31.4 Å². The van der Waals surface area contributed by atoms with Crippen LogP contribution in [0.3, 0.4) is 0 Å². The van der Waals surface area contributed by atoms with Gasteiger partial charge in [-0.3, -0.25) is 4.79 Å². The number of hydrogen-bond acceptors (Lipinski definition) is 7. The van der Waals surface area contributed by atoms with Crippen molar-refractivity contribution in [1.82, 2.24) is 9.97 Å². The maximum atomic E-state index is 12.1. The lowest BCUT2D eigenvalue weighted by molar-refractivity contribution is -0.114. The van der Waals surface area contributed by atoms with E-state index in [-0.39, 0.29) is 12.2 Å². The van der Waals surface area contributed by atoms with Crippen LogP contribution in [-0.4, -0.2) is 36.5 Å². The Bertz CT molecular complexity index is 1510. The van der Waals surface area contributed by atoms with Crippen molar-refractivity contribution in [3.63, 3.8) is 0 Å². The van der Waals surface area contributed by atoms with Gasteiger partial charge in [-0.2, -0.15) is 0 Å². The molecule has 0 unspecified atom stereocenters. The second kappa shape index (κ2) is 11.7. The molecule has 2 aromatic heterocycles. The topological polar surface area (TPSA) is 85.4 Å². The van der Waals surface area contributed by atoms with Crippen LogP contribution in [0.1, 0.15) is 18.1 Å². The van der Waals surface area contributed by atoms with Gasteiger partial charge in [-0.1, -0.05) is 48.0 Å². The number of anilines is 3. The average molecular weight is 551 g/mol. The third-order valence-corrected chi connectivity index (χ3v) is 6.84. The third-order valence-electron chi connectivity index (χ3n) is 6.09. The molecule has 38 heavy (non-hydrogen) atoms. The first-order chi connectivity index (χ1) is 18.3. The van der Waals surface area contributed by atoms with Crippen molar-refractivity contribution in [3.8, 4) is 22.8 Å². The number of pyridine rings is 2. The Morgan fingerprint density at radius 3 is 2.45 bits per heavy atom. The summed E-state index contributed by atoms with van der Waals surface area (Å²) in [6, 6.07) is 11.3. The fourth-order valence-electron chi connectivity index (χ4n) is 4.20. The van der Waals surface area contributed by atoms with E-state index in [0.29, 0.717) is 51.0 Å². The first-order valence-electron chi connectivity index (χ1n) is 12.0. The first kappa shape index (κ1) is 27.2. The highest BCUT2D eigenvalue weighted by Crippen LogP contribution is 2.46. The Hall–Kier alpha value is -3.81. The van der Waals surface area contributed by atoms with Gasteiger partial charge in [0.15, 0.2) is 5.78 Å². The number of halogens is 2. The van der Waals surface area contributed by atoms with E-state index < -0.39 is 0 Å². The van der Waals surface area contributed by atoms with E-state index in [4.69, 9.17) is 37.7 Å². The van der Waals surface area contributed by atoms with Crippen molar-refractivity contribution in [2.24, 2.45) is 0 Å². The van der Waals surface area contributed by atoms with Crippen LogP contribution in [0.15, 0.2) is 55.3 Å². The molecule has 0 amide bonds. The van der Waals surface area contributed by atoms with Crippen molar-refractivity contribution in [3.05, 3.63) is 76.4 Å². The van der Waals surface area contributed by atoms with Crippen LogP contribution in [0.2, 0.25) is 10.0 Å². The summed E-state index contributed by atoms with van der Waals surface area (Å²) in [5, 5.41) is 9.08. The molecule has 0 aliphatic carbocycles. The van der Waals surface area contributed by atoms with Gasteiger partial charge in [-0.25, -0.2) is 9.97 Å². The Morgan fingerprint density at radius 1 is 1.11 bits per heavy atom. The zero-order valence-corrected chi connectivity index (χ0v) is 23.1. The maximum Gasteiger partial charge on any atom is 0.159 e. The SMILES string of the molecule is C=CC(=O)Cc1cccc(C)c1Nc1cc2c(NCC)nc(-c3c(Cl)c(OC)cc(OC)c3Cl)cc2cn1. The van der Waals surface area contributed by atoms with Crippen molar-refractivity contribution in [2.45, 2.75) is 20.3 Å². The zero-order valence-electron chi connectivity index (χ0n) is 21.6. The molecular weight excluding hydrogens is 523 g/mol. The zero-order chi connectivity index (χ0) is 27.4. The van der Waals surface area contributed by atoms with Gasteiger partial charge in [0.25, 0.3) is 0 Å². The maximum absolute atomic E-state index is 12.1. The molecule has 7 nitrogen and oxygen atoms in total. The molecule has 4 rings (SSSR count). The number of carbonyl (C=O) groups excluding carboxylic acids is 1. The molecule has 4 aromatic rings. The number of ether oxygens (including phenoxy) is 2. The predicted octanol–water partition coefficient (Wildman–Crippen LogP) is 7.40. The second-order valence-corrected chi connectivity index (χ2v) is 9.30. The quantitative estimate of drug-likeness (QED) is 0.199. The Labute approximate surface area is 231 Å². The number of aryl methyl sites for hydroxylation is 1. The number of benzene rings is 2. The molecule has 0 radical (unpaired) electrons. The molecule has 0 saturated carbocycles. The number of carbonyl (C=O) groups is 1. The normalized spacial score (nSPS) is 10.8. The van der Waals surface area contributed by atoms with Gasteiger partial charge in [0.1, 0.15) is 23.1 Å².